The maximum Gasteiger partial charge on any atom is 0.145 e. The van der Waals surface area contributed by atoms with Crippen LogP contribution in [0.5, 0.6) is 11.5 Å². The van der Waals surface area contributed by atoms with E-state index in [1.165, 1.54) is 0 Å². The van der Waals surface area contributed by atoms with Crippen molar-refractivity contribution in [1.29, 1.82) is 5.26 Å². The molecular weight excluding hydrogens is 290 g/mol. The van der Waals surface area contributed by atoms with Crippen LogP contribution in [0.3, 0.4) is 0 Å². The van der Waals surface area contributed by atoms with E-state index in [0.717, 1.165) is 21.3 Å². The van der Waals surface area contributed by atoms with Crippen molar-refractivity contribution in [2.75, 3.05) is 0 Å². The molecule has 0 unspecified atom stereocenters. The highest BCUT2D eigenvalue weighted by Gasteiger charge is 2.05. The largest absolute Gasteiger partial charge is 0.456 e. The van der Waals surface area contributed by atoms with Crippen molar-refractivity contribution in [3.63, 3.8) is 0 Å². The molecule has 90 valence electrons. The minimum atomic E-state index is 0.551. The molecule has 2 rings (SSSR count). The van der Waals surface area contributed by atoms with E-state index >= 15 is 0 Å². The summed E-state index contributed by atoms with van der Waals surface area (Å²) in [5.41, 5.74) is 2.69. The SMILES string of the molecule is Cc1ccc(Oc2ccc(Br)c(C)c2)c(C#N)c1. The zero-order chi connectivity index (χ0) is 13.1. The number of benzene rings is 2. The van der Waals surface area contributed by atoms with Gasteiger partial charge in [0.1, 0.15) is 17.6 Å². The van der Waals surface area contributed by atoms with Crippen molar-refractivity contribution in [2.24, 2.45) is 0 Å². The molecule has 0 aromatic heterocycles. The standard InChI is InChI=1S/C15H12BrNO/c1-10-3-6-15(12(7-10)9-17)18-13-4-5-14(16)11(2)8-13/h3-8H,1-2H3. The van der Waals surface area contributed by atoms with Gasteiger partial charge in [0.15, 0.2) is 0 Å². The summed E-state index contributed by atoms with van der Waals surface area (Å²) in [4.78, 5) is 0. The summed E-state index contributed by atoms with van der Waals surface area (Å²) in [6.07, 6.45) is 0. The Bertz CT molecular complexity index is 629. The Balaban J connectivity index is 2.34. The van der Waals surface area contributed by atoms with E-state index in [-0.39, 0.29) is 0 Å². The van der Waals surface area contributed by atoms with Gasteiger partial charge in [0.05, 0.1) is 5.56 Å². The van der Waals surface area contributed by atoms with E-state index in [9.17, 15) is 0 Å². The minimum Gasteiger partial charge on any atom is -0.456 e. The first-order valence-corrected chi connectivity index (χ1v) is 6.34. The monoisotopic (exact) mass is 301 g/mol. The van der Waals surface area contributed by atoms with Gasteiger partial charge in [-0.25, -0.2) is 0 Å². The van der Waals surface area contributed by atoms with E-state index in [0.29, 0.717) is 11.3 Å². The maximum atomic E-state index is 9.08. The van der Waals surface area contributed by atoms with E-state index in [4.69, 9.17) is 10.00 Å². The average Bonchev–Trinajstić information content (AvgIpc) is 2.36. The summed E-state index contributed by atoms with van der Waals surface area (Å²) in [6, 6.07) is 13.5. The van der Waals surface area contributed by atoms with Crippen LogP contribution < -0.4 is 4.74 Å². The molecule has 2 aromatic rings. The average molecular weight is 302 g/mol. The Morgan fingerprint density at radius 1 is 1.11 bits per heavy atom. The summed E-state index contributed by atoms with van der Waals surface area (Å²) in [6.45, 7) is 3.95. The van der Waals surface area contributed by atoms with Crippen molar-refractivity contribution in [1.82, 2.24) is 0 Å². The number of hydrogen-bond acceptors (Lipinski definition) is 2. The molecule has 0 aliphatic carbocycles. The van der Waals surface area contributed by atoms with Crippen molar-refractivity contribution < 1.29 is 4.74 Å². The summed E-state index contributed by atoms with van der Waals surface area (Å²) < 4.78 is 6.79. The van der Waals surface area contributed by atoms with Gasteiger partial charge in [-0.05, 0) is 55.3 Å². The zero-order valence-corrected chi connectivity index (χ0v) is 11.8. The van der Waals surface area contributed by atoms with Crippen LogP contribution in [0, 0.1) is 25.2 Å². The predicted octanol–water partition coefficient (Wildman–Crippen LogP) is 4.73. The van der Waals surface area contributed by atoms with Crippen LogP contribution >= 0.6 is 15.9 Å². The molecule has 0 fully saturated rings. The van der Waals surface area contributed by atoms with Gasteiger partial charge in [-0.1, -0.05) is 22.0 Å². The highest BCUT2D eigenvalue weighted by molar-refractivity contribution is 9.10. The molecule has 0 aliphatic rings. The summed E-state index contributed by atoms with van der Waals surface area (Å²) in [5, 5.41) is 9.08. The molecule has 3 heteroatoms. The van der Waals surface area contributed by atoms with Crippen LogP contribution in [0.1, 0.15) is 16.7 Å². The molecule has 2 nitrogen and oxygen atoms in total. The second-order valence-corrected chi connectivity index (χ2v) is 4.98. The minimum absolute atomic E-state index is 0.551. The number of nitrogens with zero attached hydrogens (tertiary/aromatic N) is 1. The van der Waals surface area contributed by atoms with Gasteiger partial charge in [0.25, 0.3) is 0 Å². The number of rotatable bonds is 2. The Morgan fingerprint density at radius 2 is 1.89 bits per heavy atom. The Morgan fingerprint density at radius 3 is 2.56 bits per heavy atom. The van der Waals surface area contributed by atoms with Gasteiger partial charge in [-0.2, -0.15) is 5.26 Å². The molecule has 0 saturated heterocycles. The van der Waals surface area contributed by atoms with Crippen LogP contribution in [0.2, 0.25) is 0 Å². The molecule has 0 saturated carbocycles. The van der Waals surface area contributed by atoms with Crippen LogP contribution in [0.25, 0.3) is 0 Å². The van der Waals surface area contributed by atoms with Crippen LogP contribution in [0.4, 0.5) is 0 Å². The Hall–Kier alpha value is -1.79. The van der Waals surface area contributed by atoms with Crippen molar-refractivity contribution in [3.8, 4) is 17.6 Å². The predicted molar refractivity (Wildman–Crippen MR) is 74.8 cm³/mol. The van der Waals surface area contributed by atoms with E-state index in [1.54, 1.807) is 0 Å². The highest BCUT2D eigenvalue weighted by atomic mass is 79.9. The molecule has 0 amide bonds. The fourth-order valence-electron chi connectivity index (χ4n) is 1.63. The molecule has 0 atom stereocenters. The highest BCUT2D eigenvalue weighted by Crippen LogP contribution is 2.28. The Labute approximate surface area is 115 Å². The maximum absolute atomic E-state index is 9.08. The Kier molecular flexibility index (Phi) is 3.69. The van der Waals surface area contributed by atoms with Crippen molar-refractivity contribution >= 4 is 15.9 Å². The molecule has 0 heterocycles. The summed E-state index contributed by atoms with van der Waals surface area (Å²) >= 11 is 3.44. The zero-order valence-electron chi connectivity index (χ0n) is 10.2. The third-order valence-corrected chi connectivity index (χ3v) is 3.50. The van der Waals surface area contributed by atoms with Gasteiger partial charge in [0.2, 0.25) is 0 Å². The molecule has 0 aliphatic heterocycles. The van der Waals surface area contributed by atoms with Gasteiger partial charge in [-0.15, -0.1) is 0 Å². The quantitative estimate of drug-likeness (QED) is 0.803. The van der Waals surface area contributed by atoms with Crippen molar-refractivity contribution in [2.45, 2.75) is 13.8 Å². The molecule has 0 radical (unpaired) electrons. The lowest BCUT2D eigenvalue weighted by atomic mass is 10.1. The van der Waals surface area contributed by atoms with Crippen LogP contribution in [0.15, 0.2) is 40.9 Å². The first kappa shape index (κ1) is 12.7. The van der Waals surface area contributed by atoms with E-state index < -0.39 is 0 Å². The molecule has 0 spiro atoms. The summed E-state index contributed by atoms with van der Waals surface area (Å²) in [5.74, 6) is 1.32. The van der Waals surface area contributed by atoms with Gasteiger partial charge >= 0.3 is 0 Å². The first-order chi connectivity index (χ1) is 8.60. The van der Waals surface area contributed by atoms with Gasteiger partial charge < -0.3 is 4.74 Å². The van der Waals surface area contributed by atoms with Crippen LogP contribution in [-0.4, -0.2) is 0 Å². The molecular formula is C15H12BrNO. The number of hydrogen-bond donors (Lipinski definition) is 0. The second kappa shape index (κ2) is 5.24. The van der Waals surface area contributed by atoms with E-state index in [1.807, 2.05) is 50.2 Å². The molecule has 18 heavy (non-hydrogen) atoms. The molecule has 2 aromatic carbocycles. The third-order valence-electron chi connectivity index (χ3n) is 2.61. The topological polar surface area (TPSA) is 33.0 Å². The second-order valence-electron chi connectivity index (χ2n) is 4.12. The smallest absolute Gasteiger partial charge is 0.145 e. The molecule has 0 N–H and O–H groups in total. The lowest BCUT2D eigenvalue weighted by Gasteiger charge is -2.09. The first-order valence-electron chi connectivity index (χ1n) is 5.55. The lowest BCUT2D eigenvalue weighted by molar-refractivity contribution is 0.480. The number of aryl methyl sites for hydroxylation is 2. The number of halogens is 1. The van der Waals surface area contributed by atoms with Crippen LogP contribution in [-0.2, 0) is 0 Å². The van der Waals surface area contributed by atoms with E-state index in [2.05, 4.69) is 22.0 Å². The summed E-state index contributed by atoms with van der Waals surface area (Å²) in [7, 11) is 0. The third kappa shape index (κ3) is 2.72. The normalized spacial score (nSPS) is 9.89. The van der Waals surface area contributed by atoms with Gasteiger partial charge in [-0.3, -0.25) is 0 Å². The fraction of sp³-hybridized carbons (Fsp3) is 0.133. The van der Waals surface area contributed by atoms with Gasteiger partial charge in [0, 0.05) is 4.47 Å². The lowest BCUT2D eigenvalue weighted by Crippen LogP contribution is -1.90. The number of nitriles is 1. The fourth-order valence-corrected chi connectivity index (χ4v) is 1.87. The molecule has 0 bridgehead atoms. The number of ether oxygens (including phenoxy) is 1. The van der Waals surface area contributed by atoms with Crippen molar-refractivity contribution in [3.05, 3.63) is 57.6 Å².